The van der Waals surface area contributed by atoms with E-state index in [9.17, 15) is 13.2 Å². The molecule has 28 heavy (non-hydrogen) atoms. The number of rotatable bonds is 8. The van der Waals surface area contributed by atoms with Gasteiger partial charge in [0.2, 0.25) is 0 Å². The van der Waals surface area contributed by atoms with E-state index in [-0.39, 0.29) is 6.04 Å². The Morgan fingerprint density at radius 2 is 1.96 bits per heavy atom. The molecule has 1 aliphatic rings. The molecule has 0 aliphatic carbocycles. The normalized spacial score (nSPS) is 18.4. The van der Waals surface area contributed by atoms with Crippen LogP contribution >= 0.6 is 0 Å². The van der Waals surface area contributed by atoms with Gasteiger partial charge in [-0.05, 0) is 43.9 Å². The molecule has 2 N–H and O–H groups in total. The summed E-state index contributed by atoms with van der Waals surface area (Å²) in [6, 6.07) is 8.49. The standard InChI is InChI=1S/C20H32F3N5/c1-4-24-19(26-17-11-13-28(14-17)15-20(21,22)23)25-12-5-6-16-7-9-18(10-8-16)27(2)3/h7-10,17H,4-6,11-15H2,1-3H3,(H2,24,25,26). The van der Waals surface area contributed by atoms with Crippen molar-refractivity contribution in [3.63, 3.8) is 0 Å². The fourth-order valence-corrected chi connectivity index (χ4v) is 3.30. The summed E-state index contributed by atoms with van der Waals surface area (Å²) in [6.45, 7) is 3.38. The number of hydrogen-bond acceptors (Lipinski definition) is 3. The molecule has 1 fully saturated rings. The smallest absolute Gasteiger partial charge is 0.378 e. The molecule has 1 aromatic rings. The maximum Gasteiger partial charge on any atom is 0.401 e. The van der Waals surface area contributed by atoms with Gasteiger partial charge in [-0.3, -0.25) is 9.89 Å². The van der Waals surface area contributed by atoms with E-state index in [4.69, 9.17) is 0 Å². The highest BCUT2D eigenvalue weighted by Gasteiger charge is 2.34. The molecule has 0 bridgehead atoms. The highest BCUT2D eigenvalue weighted by Crippen LogP contribution is 2.20. The van der Waals surface area contributed by atoms with Gasteiger partial charge >= 0.3 is 6.18 Å². The molecule has 1 unspecified atom stereocenters. The molecule has 0 saturated carbocycles. The number of alkyl halides is 3. The third kappa shape index (κ3) is 7.96. The zero-order chi connectivity index (χ0) is 20.6. The number of nitrogens with one attached hydrogen (secondary N) is 2. The number of benzene rings is 1. The number of aliphatic imine (C=N–C) groups is 1. The summed E-state index contributed by atoms with van der Waals surface area (Å²) < 4.78 is 37.6. The number of likely N-dealkylation sites (tertiary alicyclic amines) is 1. The molecule has 1 aliphatic heterocycles. The Bertz CT molecular complexity index is 613. The van der Waals surface area contributed by atoms with Crippen LogP contribution in [0.1, 0.15) is 25.3 Å². The molecular weight excluding hydrogens is 367 g/mol. The van der Waals surface area contributed by atoms with Crippen molar-refractivity contribution in [3.05, 3.63) is 29.8 Å². The maximum absolute atomic E-state index is 12.5. The van der Waals surface area contributed by atoms with Crippen molar-refractivity contribution in [1.29, 1.82) is 0 Å². The fourth-order valence-electron chi connectivity index (χ4n) is 3.30. The minimum Gasteiger partial charge on any atom is -0.378 e. The van der Waals surface area contributed by atoms with Gasteiger partial charge in [-0.25, -0.2) is 0 Å². The first-order valence-electron chi connectivity index (χ1n) is 9.87. The van der Waals surface area contributed by atoms with Crippen LogP contribution in [-0.4, -0.2) is 69.9 Å². The molecule has 1 saturated heterocycles. The minimum atomic E-state index is -4.14. The number of guanidine groups is 1. The molecule has 1 heterocycles. The van der Waals surface area contributed by atoms with Gasteiger partial charge in [0, 0.05) is 52.0 Å². The predicted molar refractivity (Wildman–Crippen MR) is 109 cm³/mol. The van der Waals surface area contributed by atoms with Gasteiger partial charge in [-0.1, -0.05) is 12.1 Å². The Labute approximate surface area is 166 Å². The quantitative estimate of drug-likeness (QED) is 0.401. The van der Waals surface area contributed by atoms with Crippen molar-refractivity contribution in [1.82, 2.24) is 15.5 Å². The van der Waals surface area contributed by atoms with Crippen LogP contribution in [0.15, 0.2) is 29.3 Å². The van der Waals surface area contributed by atoms with Gasteiger partial charge in [0.15, 0.2) is 5.96 Å². The molecule has 2 rings (SSSR count). The van der Waals surface area contributed by atoms with Crippen molar-refractivity contribution in [2.45, 2.75) is 38.4 Å². The van der Waals surface area contributed by atoms with Crippen LogP contribution < -0.4 is 15.5 Å². The van der Waals surface area contributed by atoms with Crippen molar-refractivity contribution < 1.29 is 13.2 Å². The Hall–Kier alpha value is -1.96. The van der Waals surface area contributed by atoms with Crippen LogP contribution in [-0.2, 0) is 6.42 Å². The molecule has 0 amide bonds. The fraction of sp³-hybridized carbons (Fsp3) is 0.650. The number of nitrogens with zero attached hydrogens (tertiary/aromatic N) is 3. The predicted octanol–water partition coefficient (Wildman–Crippen LogP) is 2.88. The molecule has 158 valence electrons. The zero-order valence-electron chi connectivity index (χ0n) is 17.0. The Balaban J connectivity index is 1.77. The summed E-state index contributed by atoms with van der Waals surface area (Å²) in [7, 11) is 4.04. The van der Waals surface area contributed by atoms with Gasteiger partial charge in [0.25, 0.3) is 0 Å². The third-order valence-corrected chi connectivity index (χ3v) is 4.71. The lowest BCUT2D eigenvalue weighted by Crippen LogP contribution is -2.45. The van der Waals surface area contributed by atoms with Crippen LogP contribution in [0.5, 0.6) is 0 Å². The molecule has 0 aromatic heterocycles. The van der Waals surface area contributed by atoms with Gasteiger partial charge in [-0.2, -0.15) is 13.2 Å². The number of anilines is 1. The monoisotopic (exact) mass is 399 g/mol. The summed E-state index contributed by atoms with van der Waals surface area (Å²) in [5, 5.41) is 6.46. The SMILES string of the molecule is CCNC(=NCCCc1ccc(N(C)C)cc1)NC1CCN(CC(F)(F)F)C1. The van der Waals surface area contributed by atoms with E-state index in [0.717, 1.165) is 19.4 Å². The average molecular weight is 400 g/mol. The van der Waals surface area contributed by atoms with Gasteiger partial charge < -0.3 is 15.5 Å². The Morgan fingerprint density at radius 1 is 1.25 bits per heavy atom. The van der Waals surface area contributed by atoms with Crippen LogP contribution in [0.2, 0.25) is 0 Å². The second kappa shape index (κ2) is 10.5. The summed E-state index contributed by atoms with van der Waals surface area (Å²) >= 11 is 0. The topological polar surface area (TPSA) is 42.9 Å². The van der Waals surface area contributed by atoms with E-state index in [1.165, 1.54) is 16.2 Å². The Kier molecular flexibility index (Phi) is 8.41. The number of hydrogen-bond donors (Lipinski definition) is 2. The lowest BCUT2D eigenvalue weighted by atomic mass is 10.1. The van der Waals surface area contributed by atoms with Crippen molar-refractivity contribution in [3.8, 4) is 0 Å². The molecule has 1 aromatic carbocycles. The minimum absolute atomic E-state index is 0.00118. The number of aryl methyl sites for hydroxylation is 1. The second-order valence-electron chi connectivity index (χ2n) is 7.41. The molecular formula is C20H32F3N5. The third-order valence-electron chi connectivity index (χ3n) is 4.71. The van der Waals surface area contributed by atoms with Gasteiger partial charge in [0.05, 0.1) is 6.54 Å². The van der Waals surface area contributed by atoms with Crippen LogP contribution in [0.3, 0.4) is 0 Å². The van der Waals surface area contributed by atoms with E-state index in [0.29, 0.717) is 32.0 Å². The molecule has 0 spiro atoms. The average Bonchev–Trinajstić information content (AvgIpc) is 3.04. The van der Waals surface area contributed by atoms with E-state index in [2.05, 4.69) is 44.8 Å². The summed E-state index contributed by atoms with van der Waals surface area (Å²) in [6.07, 6.45) is -1.58. The van der Waals surface area contributed by atoms with Crippen molar-refractivity contribution in [2.24, 2.45) is 4.99 Å². The van der Waals surface area contributed by atoms with E-state index in [1.807, 2.05) is 21.0 Å². The van der Waals surface area contributed by atoms with Gasteiger partial charge in [-0.15, -0.1) is 0 Å². The zero-order valence-corrected chi connectivity index (χ0v) is 17.0. The second-order valence-corrected chi connectivity index (χ2v) is 7.41. The summed E-state index contributed by atoms with van der Waals surface area (Å²) in [4.78, 5) is 8.10. The number of halogens is 3. The summed E-state index contributed by atoms with van der Waals surface area (Å²) in [5.41, 5.74) is 2.45. The molecule has 8 heteroatoms. The lowest BCUT2D eigenvalue weighted by molar-refractivity contribution is -0.143. The van der Waals surface area contributed by atoms with E-state index in [1.54, 1.807) is 0 Å². The van der Waals surface area contributed by atoms with Crippen molar-refractivity contribution >= 4 is 11.6 Å². The van der Waals surface area contributed by atoms with Gasteiger partial charge in [0.1, 0.15) is 0 Å². The Morgan fingerprint density at radius 3 is 2.57 bits per heavy atom. The van der Waals surface area contributed by atoms with Crippen LogP contribution in [0.4, 0.5) is 18.9 Å². The first-order chi connectivity index (χ1) is 13.3. The maximum atomic E-state index is 12.5. The van der Waals surface area contributed by atoms with Crippen LogP contribution in [0, 0.1) is 0 Å². The molecule has 1 atom stereocenters. The van der Waals surface area contributed by atoms with Crippen molar-refractivity contribution in [2.75, 3.05) is 51.7 Å². The lowest BCUT2D eigenvalue weighted by Gasteiger charge is -2.19. The van der Waals surface area contributed by atoms with E-state index >= 15 is 0 Å². The molecule has 5 nitrogen and oxygen atoms in total. The first kappa shape index (κ1) is 22.3. The van der Waals surface area contributed by atoms with Crippen LogP contribution in [0.25, 0.3) is 0 Å². The first-order valence-corrected chi connectivity index (χ1v) is 9.87. The largest absolute Gasteiger partial charge is 0.401 e. The molecule has 0 radical (unpaired) electrons. The highest BCUT2D eigenvalue weighted by atomic mass is 19.4. The summed E-state index contributed by atoms with van der Waals surface area (Å²) in [5.74, 6) is 0.685. The van der Waals surface area contributed by atoms with E-state index < -0.39 is 12.7 Å². The highest BCUT2D eigenvalue weighted by molar-refractivity contribution is 5.80.